The van der Waals surface area contributed by atoms with Gasteiger partial charge in [-0.15, -0.1) is 0 Å². The maximum absolute atomic E-state index is 13.4. The van der Waals surface area contributed by atoms with E-state index in [-0.39, 0.29) is 23.8 Å². The molecule has 1 atom stereocenters. The lowest BCUT2D eigenvalue weighted by Crippen LogP contribution is -2.39. The molecule has 0 spiro atoms. The number of nitrogens with zero attached hydrogens (tertiary/aromatic N) is 4. The summed E-state index contributed by atoms with van der Waals surface area (Å²) in [6.45, 7) is -1.45. The Morgan fingerprint density at radius 1 is 1.38 bits per heavy atom. The minimum atomic E-state index is -4.48. The number of urea groups is 1. The number of nitrogens with one attached hydrogen (secondary N) is 1. The minimum Gasteiger partial charge on any atom is -0.369 e. The van der Waals surface area contributed by atoms with Crippen molar-refractivity contribution in [3.63, 3.8) is 0 Å². The average molecular weight is 506 g/mol. The number of hydrogen-bond donors (Lipinski definition) is 1. The molecule has 2 aromatic rings. The summed E-state index contributed by atoms with van der Waals surface area (Å²) < 4.78 is 56.6. The molecule has 1 unspecified atom stereocenters. The van der Waals surface area contributed by atoms with Gasteiger partial charge in [0.15, 0.2) is 0 Å². The van der Waals surface area contributed by atoms with Gasteiger partial charge < -0.3 is 15.0 Å². The lowest BCUT2D eigenvalue weighted by atomic mass is 10.1. The lowest BCUT2D eigenvalue weighted by molar-refractivity contribution is -0.202. The van der Waals surface area contributed by atoms with Crippen LogP contribution in [-0.2, 0) is 29.1 Å². The first-order valence-electron chi connectivity index (χ1n) is 10.2. The highest BCUT2D eigenvalue weighted by Crippen LogP contribution is 2.27. The fourth-order valence-electron chi connectivity index (χ4n) is 3.78. The van der Waals surface area contributed by atoms with Crippen molar-refractivity contribution in [2.75, 3.05) is 32.1 Å². The molecule has 0 fully saturated rings. The Hall–Kier alpha value is -2.90. The van der Waals surface area contributed by atoms with Gasteiger partial charge in [0.2, 0.25) is 0 Å². The van der Waals surface area contributed by atoms with Gasteiger partial charge in [-0.2, -0.15) is 18.3 Å². The van der Waals surface area contributed by atoms with Crippen molar-refractivity contribution < 1.29 is 36.7 Å². The van der Waals surface area contributed by atoms with E-state index in [1.165, 1.54) is 28.8 Å². The van der Waals surface area contributed by atoms with Gasteiger partial charge in [0.05, 0.1) is 30.4 Å². The van der Waals surface area contributed by atoms with Gasteiger partial charge in [0.25, 0.3) is 5.91 Å². The van der Waals surface area contributed by atoms with E-state index in [0.29, 0.717) is 29.9 Å². The molecule has 3 heterocycles. The SMILES string of the molecule is CN1OC(COCC(F)(F)F)Cn2nc3c(c2C1=O)CN(C(=O)Nc1ccc(F)c(Cl)c1)CC3. The third kappa shape index (κ3) is 5.26. The fourth-order valence-corrected chi connectivity index (χ4v) is 3.96. The average Bonchev–Trinajstić information content (AvgIpc) is 3.06. The molecule has 1 N–H and O–H groups in total. The number of carbonyl (C=O) groups is 2. The number of ether oxygens (including phenoxy) is 1. The van der Waals surface area contributed by atoms with Crippen molar-refractivity contribution in [3.05, 3.63) is 46.0 Å². The third-order valence-electron chi connectivity index (χ3n) is 5.30. The zero-order chi connectivity index (χ0) is 24.6. The summed E-state index contributed by atoms with van der Waals surface area (Å²) in [7, 11) is 1.35. The van der Waals surface area contributed by atoms with Crippen LogP contribution in [0.15, 0.2) is 18.2 Å². The van der Waals surface area contributed by atoms with E-state index in [1.807, 2.05) is 0 Å². The standard InChI is InChI=1S/C20H20ClF4N5O4/c1-28-18(31)17-13-8-29(19(32)26-11-2-3-15(22)14(21)6-11)5-4-16(13)27-30(17)7-12(34-28)9-33-10-20(23,24)25/h2-3,6,12H,4-5,7-10H2,1H3,(H,26,32). The molecular weight excluding hydrogens is 486 g/mol. The van der Waals surface area contributed by atoms with Crippen LogP contribution in [0.3, 0.4) is 0 Å². The smallest absolute Gasteiger partial charge is 0.369 e. The molecule has 0 aliphatic carbocycles. The van der Waals surface area contributed by atoms with Crippen molar-refractivity contribution in [3.8, 4) is 0 Å². The number of anilines is 1. The maximum Gasteiger partial charge on any atom is 0.411 e. The summed E-state index contributed by atoms with van der Waals surface area (Å²) in [6.07, 6.45) is -4.99. The molecule has 9 nitrogen and oxygen atoms in total. The Labute approximate surface area is 196 Å². The summed E-state index contributed by atoms with van der Waals surface area (Å²) in [4.78, 5) is 32.6. The number of benzene rings is 1. The van der Waals surface area contributed by atoms with Gasteiger partial charge in [0.1, 0.15) is 24.2 Å². The zero-order valence-corrected chi connectivity index (χ0v) is 18.6. The highest BCUT2D eigenvalue weighted by Gasteiger charge is 2.36. The molecule has 0 saturated heterocycles. The summed E-state index contributed by atoms with van der Waals surface area (Å²) >= 11 is 5.76. The van der Waals surface area contributed by atoms with Crippen molar-refractivity contribution in [2.45, 2.75) is 31.8 Å². The van der Waals surface area contributed by atoms with Crippen LogP contribution in [0.1, 0.15) is 21.7 Å². The predicted octanol–water partition coefficient (Wildman–Crippen LogP) is 3.23. The van der Waals surface area contributed by atoms with Gasteiger partial charge >= 0.3 is 12.2 Å². The molecular formula is C20H20ClF4N5O4. The first-order chi connectivity index (χ1) is 16.0. The summed E-state index contributed by atoms with van der Waals surface area (Å²) in [6, 6.07) is 3.31. The highest BCUT2D eigenvalue weighted by atomic mass is 35.5. The van der Waals surface area contributed by atoms with Crippen LogP contribution in [0.2, 0.25) is 5.02 Å². The number of amides is 3. The number of hydrogen-bond acceptors (Lipinski definition) is 5. The minimum absolute atomic E-state index is 0.00343. The predicted molar refractivity (Wildman–Crippen MR) is 111 cm³/mol. The lowest BCUT2D eigenvalue weighted by Gasteiger charge is -2.27. The first kappa shape index (κ1) is 24.2. The molecule has 4 rings (SSSR count). The molecule has 1 aromatic carbocycles. The second-order valence-electron chi connectivity index (χ2n) is 7.85. The molecule has 0 saturated carbocycles. The van der Waals surface area contributed by atoms with Crippen LogP contribution in [-0.4, -0.2) is 70.8 Å². The van der Waals surface area contributed by atoms with Gasteiger partial charge in [-0.25, -0.2) is 14.2 Å². The molecule has 2 aliphatic heterocycles. The summed E-state index contributed by atoms with van der Waals surface area (Å²) in [5.41, 5.74) is 1.64. The van der Waals surface area contributed by atoms with Gasteiger partial charge in [-0.05, 0) is 18.2 Å². The quantitative estimate of drug-likeness (QED) is 0.645. The topological polar surface area (TPSA) is 88.9 Å². The van der Waals surface area contributed by atoms with Gasteiger partial charge in [-0.3, -0.25) is 14.3 Å². The number of fused-ring (bicyclic) bond motifs is 3. The highest BCUT2D eigenvalue weighted by molar-refractivity contribution is 6.31. The van der Waals surface area contributed by atoms with E-state index in [9.17, 15) is 27.2 Å². The number of halogens is 5. The number of hydroxylamine groups is 2. The molecule has 2 aliphatic rings. The maximum atomic E-state index is 13.4. The molecule has 14 heteroatoms. The van der Waals surface area contributed by atoms with Gasteiger partial charge in [-0.1, -0.05) is 11.6 Å². The fraction of sp³-hybridized carbons (Fsp3) is 0.450. The molecule has 3 amide bonds. The van der Waals surface area contributed by atoms with Crippen LogP contribution in [0, 0.1) is 5.82 Å². The Morgan fingerprint density at radius 2 is 2.15 bits per heavy atom. The van der Waals surface area contributed by atoms with Crippen molar-refractivity contribution >= 4 is 29.2 Å². The summed E-state index contributed by atoms with van der Waals surface area (Å²) in [5.74, 6) is -1.16. The largest absolute Gasteiger partial charge is 0.411 e. The molecule has 0 radical (unpaired) electrons. The Morgan fingerprint density at radius 3 is 2.85 bits per heavy atom. The molecule has 184 valence electrons. The van der Waals surface area contributed by atoms with Crippen LogP contribution < -0.4 is 5.32 Å². The second-order valence-corrected chi connectivity index (χ2v) is 8.25. The van der Waals surface area contributed by atoms with Crippen LogP contribution in [0.25, 0.3) is 0 Å². The number of rotatable bonds is 4. The number of alkyl halides is 3. The van der Waals surface area contributed by atoms with Crippen molar-refractivity contribution in [1.82, 2.24) is 19.7 Å². The monoisotopic (exact) mass is 505 g/mol. The van der Waals surface area contributed by atoms with E-state index in [1.54, 1.807) is 0 Å². The molecule has 0 bridgehead atoms. The summed E-state index contributed by atoms with van der Waals surface area (Å²) in [5, 5.41) is 7.87. The molecule has 1 aromatic heterocycles. The van der Waals surface area contributed by atoms with Crippen LogP contribution >= 0.6 is 11.6 Å². The third-order valence-corrected chi connectivity index (χ3v) is 5.59. The van der Waals surface area contributed by atoms with Crippen molar-refractivity contribution in [1.29, 1.82) is 0 Å². The Balaban J connectivity index is 1.49. The van der Waals surface area contributed by atoms with E-state index in [2.05, 4.69) is 10.4 Å². The number of carbonyl (C=O) groups excluding carboxylic acids is 2. The van der Waals surface area contributed by atoms with E-state index in [4.69, 9.17) is 21.2 Å². The van der Waals surface area contributed by atoms with Gasteiger partial charge in [0, 0.05) is 31.3 Å². The number of aromatic nitrogens is 2. The van der Waals surface area contributed by atoms with E-state index < -0.39 is 43.2 Å². The zero-order valence-electron chi connectivity index (χ0n) is 17.9. The normalized spacial score (nSPS) is 18.4. The van der Waals surface area contributed by atoms with Crippen LogP contribution in [0.5, 0.6) is 0 Å². The van der Waals surface area contributed by atoms with Crippen molar-refractivity contribution in [2.24, 2.45) is 0 Å². The first-order valence-corrected chi connectivity index (χ1v) is 10.6. The van der Waals surface area contributed by atoms with Crippen LogP contribution in [0.4, 0.5) is 28.0 Å². The van der Waals surface area contributed by atoms with E-state index in [0.717, 1.165) is 11.1 Å². The Bertz CT molecular complexity index is 1110. The van der Waals surface area contributed by atoms with E-state index >= 15 is 0 Å². The second kappa shape index (κ2) is 9.39. The Kier molecular flexibility index (Phi) is 6.69. The molecule has 34 heavy (non-hydrogen) atoms.